The molecule has 0 bridgehead atoms. The summed E-state index contributed by atoms with van der Waals surface area (Å²) in [5.41, 5.74) is 7.54. The Kier molecular flexibility index (Phi) is 6.09. The van der Waals surface area contributed by atoms with E-state index < -0.39 is 0 Å². The molecule has 0 aromatic carbocycles. The third-order valence-electron chi connectivity index (χ3n) is 2.99. The molecule has 0 radical (unpaired) electrons. The van der Waals surface area contributed by atoms with Crippen molar-refractivity contribution in [1.82, 2.24) is 9.97 Å². The lowest BCUT2D eigenvalue weighted by Crippen LogP contribution is -2.20. The second kappa shape index (κ2) is 8.05. The summed E-state index contributed by atoms with van der Waals surface area (Å²) in [6.07, 6.45) is 5.07. The van der Waals surface area contributed by atoms with Crippen molar-refractivity contribution in [3.8, 4) is 5.75 Å². The maximum atomic E-state index is 5.60. The van der Waals surface area contributed by atoms with Gasteiger partial charge >= 0.3 is 0 Å². The highest BCUT2D eigenvalue weighted by atomic mass is 79.9. The largest absolute Gasteiger partial charge is 0.492 e. The van der Waals surface area contributed by atoms with Gasteiger partial charge in [-0.1, -0.05) is 0 Å². The molecule has 2 aromatic heterocycles. The molecule has 0 amide bonds. The minimum absolute atomic E-state index is 0.189. The Bertz CT molecular complexity index is 666. The van der Waals surface area contributed by atoms with Crippen LogP contribution in [0.4, 0.5) is 5.82 Å². The molecule has 0 aliphatic rings. The van der Waals surface area contributed by atoms with Gasteiger partial charge in [0.2, 0.25) is 0 Å². The molecule has 3 N–H and O–H groups in total. The van der Waals surface area contributed by atoms with Crippen LogP contribution in [-0.4, -0.2) is 21.7 Å². The van der Waals surface area contributed by atoms with E-state index in [0.29, 0.717) is 12.4 Å². The average Bonchev–Trinajstić information content (AvgIpc) is 2.49. The Hall–Kier alpha value is -1.73. The Morgan fingerprint density at radius 1 is 1.32 bits per heavy atom. The number of hydrogen-bond acceptors (Lipinski definition) is 4. The van der Waals surface area contributed by atoms with E-state index in [0.717, 1.165) is 34.3 Å². The van der Waals surface area contributed by atoms with Crippen LogP contribution >= 0.6 is 28.1 Å². The molecule has 2 aromatic rings. The first-order valence-corrected chi connectivity index (χ1v) is 8.08. The number of pyridine rings is 2. The Morgan fingerprint density at radius 2 is 2.14 bits per heavy atom. The van der Waals surface area contributed by atoms with E-state index in [9.17, 15) is 0 Å². The summed E-state index contributed by atoms with van der Waals surface area (Å²) < 4.78 is 6.46. The number of rotatable bonds is 6. The number of ether oxygens (including phenoxy) is 1. The van der Waals surface area contributed by atoms with Crippen LogP contribution in [0.25, 0.3) is 0 Å². The topological polar surface area (TPSA) is 73.1 Å². The van der Waals surface area contributed by atoms with Gasteiger partial charge in [0.25, 0.3) is 0 Å². The zero-order chi connectivity index (χ0) is 15.9. The van der Waals surface area contributed by atoms with E-state index in [4.69, 9.17) is 22.7 Å². The first kappa shape index (κ1) is 16.6. The molecule has 0 atom stereocenters. The standard InChI is InChI=1S/C15H17BrN4OS/c1-2-21-12-4-3-8-18-11(12)6-5-10-7-9-19-14(13(10)16)20-15(17)22/h3-4,7-9H,2,5-6H2,1H3,(H3,17,19,20,22). The molecule has 2 rings (SSSR count). The molecular weight excluding hydrogens is 364 g/mol. The number of thiocarbonyl (C=S) groups is 1. The van der Waals surface area contributed by atoms with Gasteiger partial charge in [0.1, 0.15) is 11.6 Å². The van der Waals surface area contributed by atoms with E-state index in [1.165, 1.54) is 0 Å². The molecule has 2 heterocycles. The molecule has 0 unspecified atom stereocenters. The van der Waals surface area contributed by atoms with Gasteiger partial charge in [-0.25, -0.2) is 4.98 Å². The molecular formula is C15H17BrN4OS. The Morgan fingerprint density at radius 3 is 2.86 bits per heavy atom. The molecule has 0 aliphatic carbocycles. The number of nitrogens with one attached hydrogen (secondary N) is 1. The van der Waals surface area contributed by atoms with Crippen molar-refractivity contribution >= 4 is 39.1 Å². The van der Waals surface area contributed by atoms with E-state index in [2.05, 4.69) is 31.2 Å². The summed E-state index contributed by atoms with van der Waals surface area (Å²) >= 11 is 8.39. The minimum atomic E-state index is 0.189. The van der Waals surface area contributed by atoms with Gasteiger partial charge < -0.3 is 15.8 Å². The summed E-state index contributed by atoms with van der Waals surface area (Å²) in [5, 5.41) is 3.04. The van der Waals surface area contributed by atoms with Gasteiger partial charge in [-0.15, -0.1) is 0 Å². The van der Waals surface area contributed by atoms with Gasteiger partial charge in [0.15, 0.2) is 5.11 Å². The summed E-state index contributed by atoms with van der Waals surface area (Å²) in [4.78, 5) is 8.62. The van der Waals surface area contributed by atoms with Crippen LogP contribution in [0.2, 0.25) is 0 Å². The Balaban J connectivity index is 2.13. The molecule has 0 aliphatic heterocycles. The number of nitrogens with zero attached hydrogens (tertiary/aromatic N) is 2. The van der Waals surface area contributed by atoms with Crippen LogP contribution in [0, 0.1) is 0 Å². The third kappa shape index (κ3) is 4.38. The molecule has 7 heteroatoms. The molecule has 0 saturated carbocycles. The highest BCUT2D eigenvalue weighted by Crippen LogP contribution is 2.26. The predicted molar refractivity (Wildman–Crippen MR) is 95.2 cm³/mol. The van der Waals surface area contributed by atoms with Crippen molar-refractivity contribution in [3.05, 3.63) is 46.3 Å². The summed E-state index contributed by atoms with van der Waals surface area (Å²) in [6, 6.07) is 5.77. The fraction of sp³-hybridized carbons (Fsp3) is 0.267. The zero-order valence-corrected chi connectivity index (χ0v) is 14.6. The number of nitrogens with two attached hydrogens (primary N) is 1. The highest BCUT2D eigenvalue weighted by Gasteiger charge is 2.10. The van der Waals surface area contributed by atoms with Gasteiger partial charge in [-0.05, 0) is 71.7 Å². The van der Waals surface area contributed by atoms with Crippen molar-refractivity contribution in [2.45, 2.75) is 19.8 Å². The van der Waals surface area contributed by atoms with Crippen LogP contribution in [-0.2, 0) is 12.8 Å². The first-order valence-electron chi connectivity index (χ1n) is 6.88. The highest BCUT2D eigenvalue weighted by molar-refractivity contribution is 9.10. The van der Waals surface area contributed by atoms with E-state index in [-0.39, 0.29) is 5.11 Å². The molecule has 116 valence electrons. The quantitative estimate of drug-likeness (QED) is 0.750. The van der Waals surface area contributed by atoms with Crippen molar-refractivity contribution in [2.75, 3.05) is 11.9 Å². The van der Waals surface area contributed by atoms with Crippen molar-refractivity contribution < 1.29 is 4.74 Å². The van der Waals surface area contributed by atoms with Crippen molar-refractivity contribution in [1.29, 1.82) is 0 Å². The van der Waals surface area contributed by atoms with E-state index >= 15 is 0 Å². The molecule has 0 saturated heterocycles. The SMILES string of the molecule is CCOc1cccnc1CCc1ccnc(NC(N)=S)c1Br. The smallest absolute Gasteiger partial charge is 0.169 e. The zero-order valence-electron chi connectivity index (χ0n) is 12.2. The molecule has 0 fully saturated rings. The van der Waals surface area contributed by atoms with Gasteiger partial charge in [-0.3, -0.25) is 4.98 Å². The maximum Gasteiger partial charge on any atom is 0.169 e. The molecule has 0 spiro atoms. The van der Waals surface area contributed by atoms with Crippen LogP contribution in [0.15, 0.2) is 35.1 Å². The van der Waals surface area contributed by atoms with Crippen molar-refractivity contribution in [2.24, 2.45) is 5.73 Å². The van der Waals surface area contributed by atoms with E-state index in [1.54, 1.807) is 12.4 Å². The van der Waals surface area contributed by atoms with Crippen LogP contribution in [0.5, 0.6) is 5.75 Å². The Labute approximate surface area is 143 Å². The average molecular weight is 381 g/mol. The van der Waals surface area contributed by atoms with Gasteiger partial charge in [-0.2, -0.15) is 0 Å². The summed E-state index contributed by atoms with van der Waals surface area (Å²) in [5.74, 6) is 1.45. The lowest BCUT2D eigenvalue weighted by molar-refractivity contribution is 0.334. The monoisotopic (exact) mass is 380 g/mol. The van der Waals surface area contributed by atoms with Gasteiger partial charge in [0, 0.05) is 12.4 Å². The maximum absolute atomic E-state index is 5.60. The molecule has 22 heavy (non-hydrogen) atoms. The lowest BCUT2D eigenvalue weighted by atomic mass is 10.1. The van der Waals surface area contributed by atoms with Crippen LogP contribution in [0.1, 0.15) is 18.2 Å². The predicted octanol–water partition coefficient (Wildman–Crippen LogP) is 3.08. The van der Waals surface area contributed by atoms with Crippen LogP contribution < -0.4 is 15.8 Å². The third-order valence-corrected chi connectivity index (χ3v) is 3.98. The van der Waals surface area contributed by atoms with Gasteiger partial charge in [0.05, 0.1) is 16.8 Å². The van der Waals surface area contributed by atoms with Crippen LogP contribution in [0.3, 0.4) is 0 Å². The molecule has 5 nitrogen and oxygen atoms in total. The number of anilines is 1. The summed E-state index contributed by atoms with van der Waals surface area (Å²) in [6.45, 7) is 2.59. The fourth-order valence-electron chi connectivity index (χ4n) is 2.03. The fourth-order valence-corrected chi connectivity index (χ4v) is 2.66. The van der Waals surface area contributed by atoms with Crippen molar-refractivity contribution in [3.63, 3.8) is 0 Å². The normalized spacial score (nSPS) is 10.3. The minimum Gasteiger partial charge on any atom is -0.492 e. The number of halogens is 1. The second-order valence-corrected chi connectivity index (χ2v) is 5.74. The lowest BCUT2D eigenvalue weighted by Gasteiger charge is -2.11. The van der Waals surface area contributed by atoms with E-state index in [1.807, 2.05) is 25.1 Å². The number of aryl methyl sites for hydroxylation is 2. The second-order valence-electron chi connectivity index (χ2n) is 4.50. The summed E-state index contributed by atoms with van der Waals surface area (Å²) in [7, 11) is 0. The first-order chi connectivity index (χ1) is 10.6. The number of aromatic nitrogens is 2. The number of hydrogen-bond donors (Lipinski definition) is 2.